The fourth-order valence-electron chi connectivity index (χ4n) is 3.32. The normalized spacial score (nSPS) is 17.1. The summed E-state index contributed by atoms with van der Waals surface area (Å²) in [6.45, 7) is 3.50. The smallest absolute Gasteiger partial charge is 0.191 e. The molecule has 1 atom stereocenters. The number of piperidine rings is 1. The van der Waals surface area contributed by atoms with Gasteiger partial charge in [-0.05, 0) is 55.8 Å². The van der Waals surface area contributed by atoms with Crippen molar-refractivity contribution in [2.45, 2.75) is 31.8 Å². The van der Waals surface area contributed by atoms with Crippen LogP contribution in [0.1, 0.15) is 36.6 Å². The Balaban J connectivity index is 1.56. The quantitative estimate of drug-likeness (QED) is 0.614. The Bertz CT molecular complexity index is 678. The van der Waals surface area contributed by atoms with Crippen molar-refractivity contribution < 1.29 is 8.81 Å². The predicted molar refractivity (Wildman–Crippen MR) is 101 cm³/mol. The Morgan fingerprint density at radius 1 is 1.15 bits per heavy atom. The molecule has 1 aliphatic heterocycles. The number of benzene rings is 1. The van der Waals surface area contributed by atoms with E-state index in [-0.39, 0.29) is 11.9 Å². The van der Waals surface area contributed by atoms with Crippen molar-refractivity contribution in [1.29, 1.82) is 0 Å². The molecule has 1 aromatic carbocycles. The van der Waals surface area contributed by atoms with Gasteiger partial charge in [0.25, 0.3) is 0 Å². The molecule has 6 heteroatoms. The molecule has 1 aromatic heterocycles. The Hall–Kier alpha value is -2.34. The first-order valence-electron chi connectivity index (χ1n) is 9.22. The van der Waals surface area contributed by atoms with E-state index >= 15 is 0 Å². The average Bonchev–Trinajstić information content (AvgIpc) is 3.21. The summed E-state index contributed by atoms with van der Waals surface area (Å²) in [5.74, 6) is 1.48. The van der Waals surface area contributed by atoms with Crippen molar-refractivity contribution in [2.75, 3.05) is 26.7 Å². The van der Waals surface area contributed by atoms with Gasteiger partial charge in [0.1, 0.15) is 11.6 Å². The summed E-state index contributed by atoms with van der Waals surface area (Å²) in [6, 6.07) is 10.6. The van der Waals surface area contributed by atoms with Crippen LogP contribution in [0.25, 0.3) is 0 Å². The molecule has 140 valence electrons. The highest BCUT2D eigenvalue weighted by molar-refractivity contribution is 5.79. The molecule has 1 aliphatic rings. The molecule has 0 spiro atoms. The third kappa shape index (κ3) is 5.08. The number of likely N-dealkylation sites (tertiary alicyclic amines) is 1. The summed E-state index contributed by atoms with van der Waals surface area (Å²) in [4.78, 5) is 6.77. The third-order valence-electron chi connectivity index (χ3n) is 4.76. The first-order chi connectivity index (χ1) is 12.8. The molecular weight excluding hydrogens is 331 g/mol. The summed E-state index contributed by atoms with van der Waals surface area (Å²) < 4.78 is 18.7. The van der Waals surface area contributed by atoms with E-state index < -0.39 is 0 Å². The van der Waals surface area contributed by atoms with Gasteiger partial charge in [0, 0.05) is 20.1 Å². The highest BCUT2D eigenvalue weighted by Gasteiger charge is 2.24. The first-order valence-corrected chi connectivity index (χ1v) is 9.22. The molecule has 26 heavy (non-hydrogen) atoms. The fourth-order valence-corrected chi connectivity index (χ4v) is 3.32. The molecule has 0 saturated carbocycles. The van der Waals surface area contributed by atoms with Gasteiger partial charge in [-0.25, -0.2) is 4.39 Å². The molecule has 3 rings (SSSR count). The number of hydrogen-bond acceptors (Lipinski definition) is 3. The minimum Gasteiger partial charge on any atom is -0.468 e. The molecule has 0 aliphatic carbocycles. The van der Waals surface area contributed by atoms with Gasteiger partial charge in [0.2, 0.25) is 0 Å². The van der Waals surface area contributed by atoms with Crippen molar-refractivity contribution in [2.24, 2.45) is 4.99 Å². The number of furan rings is 1. The summed E-state index contributed by atoms with van der Waals surface area (Å²) in [6.07, 6.45) is 5.49. The largest absolute Gasteiger partial charge is 0.468 e. The van der Waals surface area contributed by atoms with Crippen LogP contribution in [0.3, 0.4) is 0 Å². The minimum atomic E-state index is -0.223. The number of nitrogens with zero attached hydrogens (tertiary/aromatic N) is 2. The molecule has 2 aromatic rings. The molecular formula is C20H27FN4O. The second-order valence-electron chi connectivity index (χ2n) is 6.56. The lowest BCUT2D eigenvalue weighted by atomic mass is 10.1. The van der Waals surface area contributed by atoms with Gasteiger partial charge in [-0.1, -0.05) is 18.6 Å². The Kier molecular flexibility index (Phi) is 6.66. The Morgan fingerprint density at radius 2 is 1.92 bits per heavy atom. The van der Waals surface area contributed by atoms with Crippen LogP contribution in [0.15, 0.2) is 52.1 Å². The van der Waals surface area contributed by atoms with Crippen LogP contribution >= 0.6 is 0 Å². The number of rotatable bonds is 6. The standard InChI is InChI=1S/C20H27FN4O/c1-22-20(23-14-16-7-9-17(21)10-8-16)24-15-18(19-6-5-13-26-19)25-11-3-2-4-12-25/h5-10,13,18H,2-4,11-12,14-15H2,1H3,(H2,22,23,24). The van der Waals surface area contributed by atoms with Crippen LogP contribution < -0.4 is 10.6 Å². The minimum absolute atomic E-state index is 0.190. The van der Waals surface area contributed by atoms with Crippen molar-refractivity contribution in [3.63, 3.8) is 0 Å². The Morgan fingerprint density at radius 3 is 2.58 bits per heavy atom. The second-order valence-corrected chi connectivity index (χ2v) is 6.56. The molecule has 0 bridgehead atoms. The number of aliphatic imine (C=N–C) groups is 1. The second kappa shape index (κ2) is 9.38. The third-order valence-corrected chi connectivity index (χ3v) is 4.76. The molecule has 5 nitrogen and oxygen atoms in total. The number of nitrogens with one attached hydrogen (secondary N) is 2. The van der Waals surface area contributed by atoms with Gasteiger partial charge in [-0.3, -0.25) is 9.89 Å². The van der Waals surface area contributed by atoms with E-state index in [4.69, 9.17) is 4.42 Å². The zero-order valence-electron chi connectivity index (χ0n) is 15.2. The van der Waals surface area contributed by atoms with Crippen LogP contribution in [0.5, 0.6) is 0 Å². The molecule has 1 unspecified atom stereocenters. The van der Waals surface area contributed by atoms with E-state index in [9.17, 15) is 4.39 Å². The molecule has 2 heterocycles. The zero-order valence-corrected chi connectivity index (χ0v) is 15.2. The molecule has 1 saturated heterocycles. The highest BCUT2D eigenvalue weighted by Crippen LogP contribution is 2.24. The van der Waals surface area contributed by atoms with Gasteiger partial charge >= 0.3 is 0 Å². The molecule has 1 fully saturated rings. The maximum Gasteiger partial charge on any atom is 0.191 e. The lowest BCUT2D eigenvalue weighted by Crippen LogP contribution is -2.44. The summed E-state index contributed by atoms with van der Waals surface area (Å²) in [5.41, 5.74) is 1.01. The topological polar surface area (TPSA) is 52.8 Å². The number of hydrogen-bond donors (Lipinski definition) is 2. The van der Waals surface area contributed by atoms with Crippen molar-refractivity contribution in [3.8, 4) is 0 Å². The average molecular weight is 358 g/mol. The summed E-state index contributed by atoms with van der Waals surface area (Å²) >= 11 is 0. The molecule has 0 amide bonds. The van der Waals surface area contributed by atoms with Crippen LogP contribution in [-0.2, 0) is 6.54 Å². The van der Waals surface area contributed by atoms with Crippen LogP contribution in [0.4, 0.5) is 4.39 Å². The van der Waals surface area contributed by atoms with Crippen molar-refractivity contribution >= 4 is 5.96 Å². The lowest BCUT2D eigenvalue weighted by molar-refractivity contribution is 0.146. The van der Waals surface area contributed by atoms with Crippen molar-refractivity contribution in [1.82, 2.24) is 15.5 Å². The first kappa shape index (κ1) is 18.5. The van der Waals surface area contributed by atoms with Gasteiger partial charge in [-0.2, -0.15) is 0 Å². The van der Waals surface area contributed by atoms with Crippen LogP contribution in [0.2, 0.25) is 0 Å². The molecule has 0 radical (unpaired) electrons. The van der Waals surface area contributed by atoms with Gasteiger partial charge in [-0.15, -0.1) is 0 Å². The van der Waals surface area contributed by atoms with Crippen molar-refractivity contribution in [3.05, 3.63) is 59.8 Å². The van der Waals surface area contributed by atoms with Gasteiger partial charge in [0.15, 0.2) is 5.96 Å². The maximum absolute atomic E-state index is 13.0. The van der Waals surface area contributed by atoms with Crippen LogP contribution in [0, 0.1) is 5.82 Å². The lowest BCUT2D eigenvalue weighted by Gasteiger charge is -2.33. The Labute approximate surface area is 154 Å². The van der Waals surface area contributed by atoms with E-state index in [2.05, 4.69) is 20.5 Å². The monoisotopic (exact) mass is 358 g/mol. The zero-order chi connectivity index (χ0) is 18.2. The maximum atomic E-state index is 13.0. The van der Waals surface area contributed by atoms with Crippen LogP contribution in [-0.4, -0.2) is 37.5 Å². The van der Waals surface area contributed by atoms with E-state index in [0.29, 0.717) is 6.54 Å². The number of halogens is 1. The van der Waals surface area contributed by atoms with Gasteiger partial charge < -0.3 is 15.1 Å². The SMILES string of the molecule is CN=C(NCc1ccc(F)cc1)NCC(c1ccco1)N1CCCCC1. The van der Waals surface area contributed by atoms with E-state index in [0.717, 1.165) is 36.9 Å². The molecule has 2 N–H and O–H groups in total. The van der Waals surface area contributed by atoms with E-state index in [1.54, 1.807) is 25.4 Å². The van der Waals surface area contributed by atoms with E-state index in [1.165, 1.54) is 31.4 Å². The summed E-state index contributed by atoms with van der Waals surface area (Å²) in [7, 11) is 1.75. The fraction of sp³-hybridized carbons (Fsp3) is 0.450. The van der Waals surface area contributed by atoms with Gasteiger partial charge in [0.05, 0.1) is 12.3 Å². The number of guanidine groups is 1. The van der Waals surface area contributed by atoms with E-state index in [1.807, 2.05) is 12.1 Å². The summed E-state index contributed by atoms with van der Waals surface area (Å²) in [5, 5.41) is 6.68. The predicted octanol–water partition coefficient (Wildman–Crippen LogP) is 3.31. The highest BCUT2D eigenvalue weighted by atomic mass is 19.1.